The second-order valence-corrected chi connectivity index (χ2v) is 9.83. The zero-order valence-corrected chi connectivity index (χ0v) is 22.0. The fourth-order valence-corrected chi connectivity index (χ4v) is 5.23. The lowest BCUT2D eigenvalue weighted by Gasteiger charge is -2.31. The molecule has 1 saturated carbocycles. The Hall–Kier alpha value is -4.30. The zero-order valence-electron chi connectivity index (χ0n) is 22.0. The molecular formula is C31H33N5O3. The largest absolute Gasteiger partial charge is 0.457 e. The van der Waals surface area contributed by atoms with Crippen LogP contribution in [-0.2, 0) is 9.53 Å². The Morgan fingerprint density at radius 2 is 1.77 bits per heavy atom. The maximum Gasteiger partial charge on any atom is 0.243 e. The number of fused-ring (bicyclic) bond motifs is 1. The number of nitrogens with one attached hydrogen (secondary N) is 1. The molecule has 1 atom stereocenters. The van der Waals surface area contributed by atoms with E-state index in [-0.39, 0.29) is 23.9 Å². The summed E-state index contributed by atoms with van der Waals surface area (Å²) in [7, 11) is 1.60. The molecule has 0 bridgehead atoms. The molecule has 1 aromatic heterocycles. The van der Waals surface area contributed by atoms with Gasteiger partial charge in [0.15, 0.2) is 0 Å². The molecule has 1 amide bonds. The van der Waals surface area contributed by atoms with Crippen molar-refractivity contribution in [3.8, 4) is 11.5 Å². The summed E-state index contributed by atoms with van der Waals surface area (Å²) in [5.41, 5.74) is 10.6. The van der Waals surface area contributed by atoms with Crippen LogP contribution in [0.15, 0.2) is 90.2 Å². The van der Waals surface area contributed by atoms with Gasteiger partial charge >= 0.3 is 0 Å². The number of nitrogen functional groups attached to an aromatic ring is 1. The molecule has 2 aromatic carbocycles. The van der Waals surface area contributed by atoms with Crippen molar-refractivity contribution >= 4 is 17.4 Å². The predicted octanol–water partition coefficient (Wildman–Crippen LogP) is 5.18. The number of carbonyl (C=O) groups is 1. The summed E-state index contributed by atoms with van der Waals surface area (Å²) >= 11 is 0. The molecule has 1 fully saturated rings. The number of aliphatic imine (C=N–C) groups is 1. The van der Waals surface area contributed by atoms with Crippen molar-refractivity contribution in [3.63, 3.8) is 0 Å². The van der Waals surface area contributed by atoms with Gasteiger partial charge in [0.1, 0.15) is 29.7 Å². The van der Waals surface area contributed by atoms with Crippen LogP contribution in [0.25, 0.3) is 0 Å². The Kier molecular flexibility index (Phi) is 8.13. The van der Waals surface area contributed by atoms with E-state index >= 15 is 0 Å². The molecule has 5 rings (SSSR count). The normalized spacial score (nSPS) is 20.3. The predicted molar refractivity (Wildman–Crippen MR) is 152 cm³/mol. The fourth-order valence-electron chi connectivity index (χ4n) is 5.23. The van der Waals surface area contributed by atoms with Crippen LogP contribution in [-0.4, -0.2) is 41.3 Å². The highest BCUT2D eigenvalue weighted by molar-refractivity contribution is 6.17. The van der Waals surface area contributed by atoms with Crippen LogP contribution < -0.4 is 15.8 Å². The standard InChI is InChI=1S/C31H33N5O3/c1-20(21-10-14-23(15-11-21)35-26(37)9-6-18-38-2)28-30-27(31(32)34-19-33-30)29(36-28)22-12-16-25(17-13-22)39-24-7-4-3-5-8-24/h3-9,12-13,16-17,19,21,23,28H,1,10-11,14-15,18H2,2H3,(H,35,37)(H2,32,33,34)/b9-6+. The molecule has 3 aromatic rings. The van der Waals surface area contributed by atoms with Gasteiger partial charge in [-0.3, -0.25) is 9.79 Å². The third-order valence-electron chi connectivity index (χ3n) is 7.25. The summed E-state index contributed by atoms with van der Waals surface area (Å²) in [6.07, 6.45) is 8.37. The van der Waals surface area contributed by atoms with Gasteiger partial charge in [-0.25, -0.2) is 9.97 Å². The maximum atomic E-state index is 12.1. The van der Waals surface area contributed by atoms with E-state index in [0.717, 1.165) is 65.3 Å². The van der Waals surface area contributed by atoms with Crippen molar-refractivity contribution < 1.29 is 14.3 Å². The zero-order chi connectivity index (χ0) is 27.2. The van der Waals surface area contributed by atoms with E-state index < -0.39 is 0 Å². The summed E-state index contributed by atoms with van der Waals surface area (Å²) in [4.78, 5) is 26.1. The van der Waals surface area contributed by atoms with Crippen molar-refractivity contribution in [3.05, 3.63) is 102 Å². The van der Waals surface area contributed by atoms with Gasteiger partial charge in [-0.1, -0.05) is 30.9 Å². The number of nitrogens with zero attached hydrogens (tertiary/aromatic N) is 3. The number of ether oxygens (including phenoxy) is 2. The molecule has 2 heterocycles. The van der Waals surface area contributed by atoms with Crippen LogP contribution in [0.2, 0.25) is 0 Å². The monoisotopic (exact) mass is 523 g/mol. The van der Waals surface area contributed by atoms with E-state index in [1.54, 1.807) is 13.2 Å². The van der Waals surface area contributed by atoms with Crippen molar-refractivity contribution in [1.29, 1.82) is 0 Å². The molecule has 8 nitrogen and oxygen atoms in total. The number of methoxy groups -OCH3 is 1. The van der Waals surface area contributed by atoms with Gasteiger partial charge < -0.3 is 20.5 Å². The lowest BCUT2D eigenvalue weighted by atomic mass is 9.79. The Bertz CT molecular complexity index is 1380. The smallest absolute Gasteiger partial charge is 0.243 e. The highest BCUT2D eigenvalue weighted by atomic mass is 16.5. The Balaban J connectivity index is 1.29. The first-order valence-corrected chi connectivity index (χ1v) is 13.2. The molecule has 0 spiro atoms. The number of hydrogen-bond acceptors (Lipinski definition) is 7. The first-order chi connectivity index (χ1) is 19.0. The Labute approximate surface area is 228 Å². The quantitative estimate of drug-likeness (QED) is 0.295. The molecule has 0 radical (unpaired) electrons. The van der Waals surface area contributed by atoms with Gasteiger partial charge in [0.2, 0.25) is 5.91 Å². The van der Waals surface area contributed by atoms with Crippen LogP contribution in [0.4, 0.5) is 5.82 Å². The van der Waals surface area contributed by atoms with Crippen LogP contribution in [0, 0.1) is 5.92 Å². The molecule has 2 aliphatic rings. The highest BCUT2D eigenvalue weighted by Crippen LogP contribution is 2.43. The van der Waals surface area contributed by atoms with E-state index in [2.05, 4.69) is 21.9 Å². The topological polar surface area (TPSA) is 112 Å². The summed E-state index contributed by atoms with van der Waals surface area (Å²) in [6.45, 7) is 4.89. The molecule has 200 valence electrons. The number of para-hydroxylation sites is 1. The summed E-state index contributed by atoms with van der Waals surface area (Å²) < 4.78 is 10.9. The number of anilines is 1. The van der Waals surface area contributed by atoms with Crippen LogP contribution in [0.3, 0.4) is 0 Å². The number of nitrogens with two attached hydrogens (primary N) is 1. The van der Waals surface area contributed by atoms with Gasteiger partial charge in [0.05, 0.1) is 23.6 Å². The Morgan fingerprint density at radius 1 is 1.05 bits per heavy atom. The van der Waals surface area contributed by atoms with E-state index in [9.17, 15) is 4.79 Å². The number of rotatable bonds is 9. The second kappa shape index (κ2) is 12.0. The summed E-state index contributed by atoms with van der Waals surface area (Å²) in [5, 5.41) is 3.09. The van der Waals surface area contributed by atoms with E-state index in [1.165, 1.54) is 12.4 Å². The highest BCUT2D eigenvalue weighted by Gasteiger charge is 2.35. The summed E-state index contributed by atoms with van der Waals surface area (Å²) in [6, 6.07) is 17.3. The minimum Gasteiger partial charge on any atom is -0.457 e. The number of benzene rings is 2. The first kappa shape index (κ1) is 26.3. The van der Waals surface area contributed by atoms with Crippen molar-refractivity contribution in [2.45, 2.75) is 37.8 Å². The molecule has 8 heteroatoms. The molecular weight excluding hydrogens is 490 g/mol. The Morgan fingerprint density at radius 3 is 2.49 bits per heavy atom. The fraction of sp³-hybridized carbons (Fsp3) is 0.290. The van der Waals surface area contributed by atoms with Crippen LogP contribution >= 0.6 is 0 Å². The van der Waals surface area contributed by atoms with E-state index in [4.69, 9.17) is 20.2 Å². The van der Waals surface area contributed by atoms with Gasteiger partial charge in [0, 0.05) is 24.8 Å². The third-order valence-corrected chi connectivity index (χ3v) is 7.25. The minimum atomic E-state index is -0.284. The maximum absolute atomic E-state index is 12.1. The number of aromatic nitrogens is 2. The third kappa shape index (κ3) is 6.07. The van der Waals surface area contributed by atoms with Crippen molar-refractivity contribution in [2.75, 3.05) is 19.5 Å². The SMILES string of the molecule is C=C(C1CCC(NC(=O)/C=C/COC)CC1)C1N=C(c2ccc(Oc3ccccc3)cc2)c2c(N)ncnc21. The van der Waals surface area contributed by atoms with Gasteiger partial charge in [-0.15, -0.1) is 0 Å². The van der Waals surface area contributed by atoms with Gasteiger partial charge in [0.25, 0.3) is 0 Å². The molecule has 1 aliphatic heterocycles. The van der Waals surface area contributed by atoms with Crippen LogP contribution in [0.1, 0.15) is 48.5 Å². The minimum absolute atomic E-state index is 0.0827. The average molecular weight is 524 g/mol. The number of hydrogen-bond donors (Lipinski definition) is 2. The van der Waals surface area contributed by atoms with Crippen LogP contribution in [0.5, 0.6) is 11.5 Å². The molecule has 0 saturated heterocycles. The molecule has 1 aliphatic carbocycles. The second-order valence-electron chi connectivity index (χ2n) is 9.83. The molecule has 39 heavy (non-hydrogen) atoms. The van der Waals surface area contributed by atoms with E-state index in [1.807, 2.05) is 54.6 Å². The molecule has 1 unspecified atom stereocenters. The summed E-state index contributed by atoms with van der Waals surface area (Å²) in [5.74, 6) is 2.12. The number of carbonyl (C=O) groups excluding carboxylic acids is 1. The van der Waals surface area contributed by atoms with Gasteiger partial charge in [-0.2, -0.15) is 0 Å². The van der Waals surface area contributed by atoms with E-state index in [0.29, 0.717) is 12.4 Å². The number of amides is 1. The van der Waals surface area contributed by atoms with Crippen molar-refractivity contribution in [2.24, 2.45) is 10.9 Å². The first-order valence-electron chi connectivity index (χ1n) is 13.2. The van der Waals surface area contributed by atoms with Gasteiger partial charge in [-0.05, 0) is 73.6 Å². The lowest BCUT2D eigenvalue weighted by Crippen LogP contribution is -2.37. The molecule has 3 N–H and O–H groups in total. The lowest BCUT2D eigenvalue weighted by molar-refractivity contribution is -0.117. The van der Waals surface area contributed by atoms with Crippen molar-refractivity contribution in [1.82, 2.24) is 15.3 Å². The average Bonchev–Trinajstić information content (AvgIpc) is 3.35.